The van der Waals surface area contributed by atoms with Crippen molar-refractivity contribution in [3.05, 3.63) is 0 Å². The van der Waals surface area contributed by atoms with Crippen molar-refractivity contribution in [2.75, 3.05) is 6.54 Å². The van der Waals surface area contributed by atoms with Gasteiger partial charge in [-0.2, -0.15) is 0 Å². The molecule has 2 fully saturated rings. The van der Waals surface area contributed by atoms with E-state index in [-0.39, 0.29) is 0 Å². The van der Waals surface area contributed by atoms with Gasteiger partial charge in [0.05, 0.1) is 0 Å². The van der Waals surface area contributed by atoms with Gasteiger partial charge in [0.15, 0.2) is 0 Å². The van der Waals surface area contributed by atoms with E-state index < -0.39 is 0 Å². The molecule has 0 bridgehead atoms. The van der Waals surface area contributed by atoms with Gasteiger partial charge in [0.1, 0.15) is 0 Å². The van der Waals surface area contributed by atoms with Crippen LogP contribution in [0.15, 0.2) is 0 Å². The number of rotatable bonds is 7. The summed E-state index contributed by atoms with van der Waals surface area (Å²) in [5.41, 5.74) is 0. The second-order valence-corrected chi connectivity index (χ2v) is 6.27. The third-order valence-corrected chi connectivity index (χ3v) is 5.40. The van der Waals surface area contributed by atoms with Crippen molar-refractivity contribution in [2.45, 2.75) is 71.8 Å². The van der Waals surface area contributed by atoms with Gasteiger partial charge in [0.25, 0.3) is 0 Å². The zero-order chi connectivity index (χ0) is 12.3. The van der Waals surface area contributed by atoms with Gasteiger partial charge >= 0.3 is 0 Å². The van der Waals surface area contributed by atoms with Crippen LogP contribution in [-0.4, -0.2) is 12.6 Å². The molecule has 0 spiro atoms. The summed E-state index contributed by atoms with van der Waals surface area (Å²) < 4.78 is 0. The standard InChI is InChI=1S/C16H31N/c1-4-12(5-2)11-15(17-6-3)16-13-9-7-8-10-14(13)16/h12-17H,4-11H2,1-3H3. The van der Waals surface area contributed by atoms with Crippen LogP contribution in [0.5, 0.6) is 0 Å². The van der Waals surface area contributed by atoms with Crippen LogP contribution >= 0.6 is 0 Å². The lowest BCUT2D eigenvalue weighted by Gasteiger charge is -2.23. The summed E-state index contributed by atoms with van der Waals surface area (Å²) in [7, 11) is 0. The zero-order valence-corrected chi connectivity index (χ0v) is 12.0. The molecule has 0 radical (unpaired) electrons. The predicted molar refractivity (Wildman–Crippen MR) is 75.1 cm³/mol. The maximum Gasteiger partial charge on any atom is 0.0103 e. The minimum Gasteiger partial charge on any atom is -0.314 e. The molecule has 2 rings (SSSR count). The van der Waals surface area contributed by atoms with E-state index in [0.29, 0.717) is 0 Å². The Morgan fingerprint density at radius 1 is 1.00 bits per heavy atom. The predicted octanol–water partition coefficient (Wildman–Crippen LogP) is 4.23. The normalized spacial score (nSPS) is 33.5. The lowest BCUT2D eigenvalue weighted by molar-refractivity contribution is 0.329. The smallest absolute Gasteiger partial charge is 0.0103 e. The molecule has 17 heavy (non-hydrogen) atoms. The monoisotopic (exact) mass is 237 g/mol. The minimum absolute atomic E-state index is 0.831. The van der Waals surface area contributed by atoms with Crippen molar-refractivity contribution in [1.29, 1.82) is 0 Å². The van der Waals surface area contributed by atoms with Gasteiger partial charge in [0, 0.05) is 6.04 Å². The minimum atomic E-state index is 0.831. The second kappa shape index (κ2) is 6.22. The molecule has 0 amide bonds. The fourth-order valence-corrected chi connectivity index (χ4v) is 4.26. The molecule has 0 aliphatic heterocycles. The quantitative estimate of drug-likeness (QED) is 0.699. The van der Waals surface area contributed by atoms with Crippen molar-refractivity contribution in [3.8, 4) is 0 Å². The molecule has 2 aliphatic rings. The van der Waals surface area contributed by atoms with Gasteiger partial charge < -0.3 is 5.32 Å². The Balaban J connectivity index is 1.88. The van der Waals surface area contributed by atoms with E-state index in [2.05, 4.69) is 26.1 Å². The summed E-state index contributed by atoms with van der Waals surface area (Å²) in [5, 5.41) is 3.80. The van der Waals surface area contributed by atoms with Crippen molar-refractivity contribution in [1.82, 2.24) is 5.32 Å². The third kappa shape index (κ3) is 3.05. The number of nitrogens with one attached hydrogen (secondary N) is 1. The molecule has 1 N–H and O–H groups in total. The van der Waals surface area contributed by atoms with Crippen LogP contribution < -0.4 is 5.32 Å². The number of hydrogen-bond acceptors (Lipinski definition) is 1. The Morgan fingerprint density at radius 2 is 1.59 bits per heavy atom. The first kappa shape index (κ1) is 13.4. The second-order valence-electron chi connectivity index (χ2n) is 6.27. The highest BCUT2D eigenvalue weighted by molar-refractivity contribution is 5.04. The van der Waals surface area contributed by atoms with Gasteiger partial charge in [-0.15, -0.1) is 0 Å². The summed E-state index contributed by atoms with van der Waals surface area (Å²) >= 11 is 0. The first-order valence-electron chi connectivity index (χ1n) is 8.05. The SMILES string of the molecule is CCNC(CC(CC)CC)C1C2CCCCC21. The Bertz CT molecular complexity index is 210. The number of hydrogen-bond donors (Lipinski definition) is 1. The molecule has 0 saturated heterocycles. The first-order chi connectivity index (χ1) is 8.31. The largest absolute Gasteiger partial charge is 0.314 e. The van der Waals surface area contributed by atoms with Crippen LogP contribution in [0.2, 0.25) is 0 Å². The topological polar surface area (TPSA) is 12.0 Å². The molecule has 2 aliphatic carbocycles. The van der Waals surface area contributed by atoms with E-state index >= 15 is 0 Å². The number of fused-ring (bicyclic) bond motifs is 1. The van der Waals surface area contributed by atoms with E-state index in [1.54, 1.807) is 0 Å². The van der Waals surface area contributed by atoms with Crippen LogP contribution in [0, 0.1) is 23.7 Å². The van der Waals surface area contributed by atoms with Gasteiger partial charge in [-0.1, -0.05) is 46.5 Å². The van der Waals surface area contributed by atoms with Gasteiger partial charge in [-0.05, 0) is 49.5 Å². The highest BCUT2D eigenvalue weighted by atomic mass is 14.9. The molecule has 0 heterocycles. The van der Waals surface area contributed by atoms with E-state index in [4.69, 9.17) is 0 Å². The molecular weight excluding hydrogens is 206 g/mol. The molecule has 1 nitrogen and oxygen atoms in total. The maximum absolute atomic E-state index is 3.80. The molecule has 100 valence electrons. The lowest BCUT2D eigenvalue weighted by atomic mass is 9.91. The van der Waals surface area contributed by atoms with Gasteiger partial charge in [0.2, 0.25) is 0 Å². The average Bonchev–Trinajstić information content (AvgIpc) is 3.09. The Hall–Kier alpha value is -0.0400. The fraction of sp³-hybridized carbons (Fsp3) is 1.00. The van der Waals surface area contributed by atoms with E-state index in [0.717, 1.165) is 36.3 Å². The fourth-order valence-electron chi connectivity index (χ4n) is 4.26. The highest BCUT2D eigenvalue weighted by Crippen LogP contribution is 2.57. The van der Waals surface area contributed by atoms with Gasteiger partial charge in [-0.3, -0.25) is 0 Å². The maximum atomic E-state index is 3.80. The Morgan fingerprint density at radius 3 is 2.06 bits per heavy atom. The van der Waals surface area contributed by atoms with Crippen LogP contribution in [0.25, 0.3) is 0 Å². The molecular formula is C16H31N. The van der Waals surface area contributed by atoms with E-state index in [1.807, 2.05) is 0 Å². The first-order valence-corrected chi connectivity index (χ1v) is 8.05. The molecule has 0 aromatic rings. The highest BCUT2D eigenvalue weighted by Gasteiger charge is 2.53. The van der Waals surface area contributed by atoms with Crippen molar-refractivity contribution in [2.24, 2.45) is 23.7 Å². The van der Waals surface area contributed by atoms with Crippen LogP contribution in [0.1, 0.15) is 65.7 Å². The zero-order valence-electron chi connectivity index (χ0n) is 12.0. The lowest BCUT2D eigenvalue weighted by Crippen LogP contribution is -2.34. The van der Waals surface area contributed by atoms with E-state index in [1.165, 1.54) is 44.9 Å². The van der Waals surface area contributed by atoms with E-state index in [9.17, 15) is 0 Å². The molecule has 2 saturated carbocycles. The van der Waals surface area contributed by atoms with Crippen molar-refractivity contribution in [3.63, 3.8) is 0 Å². The Labute approximate surface area is 108 Å². The Kier molecular flexibility index (Phi) is 4.90. The molecule has 1 heteroatoms. The summed E-state index contributed by atoms with van der Waals surface area (Å²) in [6.45, 7) is 8.14. The summed E-state index contributed by atoms with van der Waals surface area (Å²) in [4.78, 5) is 0. The van der Waals surface area contributed by atoms with Gasteiger partial charge in [-0.25, -0.2) is 0 Å². The summed E-state index contributed by atoms with van der Waals surface area (Å²) in [6, 6.07) is 0.831. The van der Waals surface area contributed by atoms with Crippen molar-refractivity contribution >= 4 is 0 Å². The molecule has 3 atom stereocenters. The van der Waals surface area contributed by atoms with Crippen LogP contribution in [0.4, 0.5) is 0 Å². The summed E-state index contributed by atoms with van der Waals surface area (Å²) in [5.74, 6) is 4.18. The van der Waals surface area contributed by atoms with Crippen LogP contribution in [-0.2, 0) is 0 Å². The third-order valence-electron chi connectivity index (χ3n) is 5.40. The molecule has 0 aromatic carbocycles. The summed E-state index contributed by atoms with van der Waals surface area (Å²) in [6.07, 6.45) is 10.2. The molecule has 0 aromatic heterocycles. The van der Waals surface area contributed by atoms with Crippen molar-refractivity contribution < 1.29 is 0 Å². The van der Waals surface area contributed by atoms with Crippen LogP contribution in [0.3, 0.4) is 0 Å². The average molecular weight is 237 g/mol. The molecule has 3 unspecified atom stereocenters.